The summed E-state index contributed by atoms with van der Waals surface area (Å²) in [6.07, 6.45) is 1.07. The van der Waals surface area contributed by atoms with Crippen LogP contribution < -0.4 is 5.32 Å². The van der Waals surface area contributed by atoms with Crippen molar-refractivity contribution in [1.29, 1.82) is 0 Å². The maximum absolute atomic E-state index is 13.4. The standard InChI is InChI=1S/C25H31FN4O2/c26-22-8-4-7-21(17-22)19-28-13-15-30(16-14-28)24(31)18-23-25(32)27-10-12-29(23)11-9-20-5-2-1-3-6-20/h1-8,17,23H,9-16,18-19H2,(H,27,32)/t23-/m1/s1. The monoisotopic (exact) mass is 438 g/mol. The van der Waals surface area contributed by atoms with Crippen LogP contribution in [-0.4, -0.2) is 78.4 Å². The van der Waals surface area contributed by atoms with E-state index in [0.717, 1.165) is 38.2 Å². The lowest BCUT2D eigenvalue weighted by Gasteiger charge is -2.38. The van der Waals surface area contributed by atoms with Crippen LogP contribution in [0.1, 0.15) is 17.5 Å². The molecule has 0 radical (unpaired) electrons. The second-order valence-electron chi connectivity index (χ2n) is 8.57. The molecular formula is C25H31FN4O2. The Kier molecular flexibility index (Phi) is 7.50. The minimum atomic E-state index is -0.412. The number of amides is 2. The van der Waals surface area contributed by atoms with E-state index in [0.29, 0.717) is 26.2 Å². The molecule has 2 aromatic carbocycles. The summed E-state index contributed by atoms with van der Waals surface area (Å²) in [6.45, 7) is 5.58. The number of carbonyl (C=O) groups excluding carboxylic acids is 2. The zero-order valence-electron chi connectivity index (χ0n) is 18.4. The van der Waals surface area contributed by atoms with Gasteiger partial charge in [0.05, 0.1) is 12.5 Å². The van der Waals surface area contributed by atoms with Crippen LogP contribution in [0, 0.1) is 5.82 Å². The Hall–Kier alpha value is -2.77. The average molecular weight is 439 g/mol. The minimum absolute atomic E-state index is 0.0298. The molecule has 2 fully saturated rings. The van der Waals surface area contributed by atoms with Gasteiger partial charge in [0.15, 0.2) is 0 Å². The lowest BCUT2D eigenvalue weighted by Crippen LogP contribution is -2.58. The Morgan fingerprint density at radius 3 is 2.47 bits per heavy atom. The van der Waals surface area contributed by atoms with Crippen molar-refractivity contribution < 1.29 is 14.0 Å². The van der Waals surface area contributed by atoms with Gasteiger partial charge in [-0.2, -0.15) is 0 Å². The summed E-state index contributed by atoms with van der Waals surface area (Å²) in [5, 5.41) is 2.92. The average Bonchev–Trinajstić information content (AvgIpc) is 2.80. The molecule has 170 valence electrons. The first-order valence-electron chi connectivity index (χ1n) is 11.4. The third kappa shape index (κ3) is 5.93. The summed E-state index contributed by atoms with van der Waals surface area (Å²) in [5.41, 5.74) is 2.18. The molecule has 0 unspecified atom stereocenters. The predicted octanol–water partition coefficient (Wildman–Crippen LogP) is 1.90. The zero-order valence-corrected chi connectivity index (χ0v) is 18.4. The fourth-order valence-electron chi connectivity index (χ4n) is 4.51. The summed E-state index contributed by atoms with van der Waals surface area (Å²) >= 11 is 0. The molecule has 0 aromatic heterocycles. The van der Waals surface area contributed by atoms with E-state index in [4.69, 9.17) is 0 Å². The molecule has 4 rings (SSSR count). The zero-order chi connectivity index (χ0) is 22.3. The van der Waals surface area contributed by atoms with E-state index in [1.807, 2.05) is 29.2 Å². The van der Waals surface area contributed by atoms with Gasteiger partial charge in [-0.05, 0) is 29.7 Å². The normalized spacial score (nSPS) is 20.2. The lowest BCUT2D eigenvalue weighted by atomic mass is 10.1. The predicted molar refractivity (Wildman–Crippen MR) is 121 cm³/mol. The molecule has 0 saturated carbocycles. The Morgan fingerprint density at radius 1 is 0.969 bits per heavy atom. The van der Waals surface area contributed by atoms with Gasteiger partial charge in [0.1, 0.15) is 5.82 Å². The summed E-state index contributed by atoms with van der Waals surface area (Å²) < 4.78 is 13.4. The van der Waals surface area contributed by atoms with Crippen LogP contribution in [0.3, 0.4) is 0 Å². The van der Waals surface area contributed by atoms with Crippen molar-refractivity contribution in [2.75, 3.05) is 45.8 Å². The topological polar surface area (TPSA) is 55.9 Å². The molecule has 6 nitrogen and oxygen atoms in total. The van der Waals surface area contributed by atoms with Gasteiger partial charge in [-0.3, -0.25) is 19.4 Å². The number of nitrogens with zero attached hydrogens (tertiary/aromatic N) is 3. The highest BCUT2D eigenvalue weighted by molar-refractivity contribution is 5.88. The number of rotatable bonds is 7. The largest absolute Gasteiger partial charge is 0.353 e. The van der Waals surface area contributed by atoms with Crippen molar-refractivity contribution in [2.45, 2.75) is 25.4 Å². The number of hydrogen-bond donors (Lipinski definition) is 1. The van der Waals surface area contributed by atoms with E-state index in [1.54, 1.807) is 12.1 Å². The number of benzene rings is 2. The molecule has 0 spiro atoms. The van der Waals surface area contributed by atoms with E-state index < -0.39 is 6.04 Å². The van der Waals surface area contributed by atoms with Gasteiger partial charge in [0.2, 0.25) is 11.8 Å². The van der Waals surface area contributed by atoms with Crippen LogP contribution >= 0.6 is 0 Å². The van der Waals surface area contributed by atoms with Crippen LogP contribution in [0.25, 0.3) is 0 Å². The molecule has 32 heavy (non-hydrogen) atoms. The molecule has 2 aromatic rings. The van der Waals surface area contributed by atoms with Gasteiger partial charge in [-0.15, -0.1) is 0 Å². The molecule has 0 aliphatic carbocycles. The van der Waals surface area contributed by atoms with Gasteiger partial charge in [0.25, 0.3) is 0 Å². The quantitative estimate of drug-likeness (QED) is 0.718. The molecule has 1 atom stereocenters. The molecule has 2 heterocycles. The molecule has 1 N–H and O–H groups in total. The van der Waals surface area contributed by atoms with Crippen molar-refractivity contribution in [1.82, 2.24) is 20.0 Å². The third-order valence-corrected chi connectivity index (χ3v) is 6.36. The SMILES string of the molecule is O=C1NCCN(CCc2ccccc2)[C@@H]1CC(=O)N1CCN(Cc2cccc(F)c2)CC1. The van der Waals surface area contributed by atoms with Crippen LogP contribution in [0.15, 0.2) is 54.6 Å². The van der Waals surface area contributed by atoms with E-state index >= 15 is 0 Å². The smallest absolute Gasteiger partial charge is 0.237 e. The summed E-state index contributed by atoms with van der Waals surface area (Å²) in [4.78, 5) is 31.8. The third-order valence-electron chi connectivity index (χ3n) is 6.36. The van der Waals surface area contributed by atoms with Crippen molar-refractivity contribution in [3.05, 3.63) is 71.5 Å². The van der Waals surface area contributed by atoms with E-state index in [1.165, 1.54) is 11.6 Å². The van der Waals surface area contributed by atoms with E-state index in [2.05, 4.69) is 27.2 Å². The first kappa shape index (κ1) is 22.4. The lowest BCUT2D eigenvalue weighted by molar-refractivity contribution is -0.140. The van der Waals surface area contributed by atoms with Gasteiger partial charge in [-0.25, -0.2) is 4.39 Å². The molecule has 2 aliphatic rings. The van der Waals surface area contributed by atoms with E-state index in [9.17, 15) is 14.0 Å². The Balaban J connectivity index is 1.28. The Morgan fingerprint density at radius 2 is 1.72 bits per heavy atom. The molecular weight excluding hydrogens is 407 g/mol. The fourth-order valence-corrected chi connectivity index (χ4v) is 4.51. The number of carbonyl (C=O) groups is 2. The highest BCUT2D eigenvalue weighted by atomic mass is 19.1. The number of halogens is 1. The summed E-state index contributed by atoms with van der Waals surface area (Å²) in [7, 11) is 0. The Labute approximate surface area is 189 Å². The molecule has 2 saturated heterocycles. The van der Waals surface area contributed by atoms with Crippen LogP contribution in [0.2, 0.25) is 0 Å². The summed E-state index contributed by atoms with van der Waals surface area (Å²) in [5.74, 6) is -0.247. The van der Waals surface area contributed by atoms with Gasteiger partial charge in [-0.1, -0.05) is 42.5 Å². The minimum Gasteiger partial charge on any atom is -0.353 e. The van der Waals surface area contributed by atoms with Crippen molar-refractivity contribution in [2.24, 2.45) is 0 Å². The van der Waals surface area contributed by atoms with Crippen molar-refractivity contribution in [3.8, 4) is 0 Å². The number of hydrogen-bond acceptors (Lipinski definition) is 4. The first-order valence-corrected chi connectivity index (χ1v) is 11.4. The van der Waals surface area contributed by atoms with Crippen LogP contribution in [0.5, 0.6) is 0 Å². The highest BCUT2D eigenvalue weighted by Gasteiger charge is 2.33. The van der Waals surface area contributed by atoms with Gasteiger partial charge >= 0.3 is 0 Å². The van der Waals surface area contributed by atoms with Gasteiger partial charge < -0.3 is 10.2 Å². The fraction of sp³-hybridized carbons (Fsp3) is 0.440. The van der Waals surface area contributed by atoms with Crippen molar-refractivity contribution in [3.63, 3.8) is 0 Å². The number of nitrogens with one attached hydrogen (secondary N) is 1. The molecule has 7 heteroatoms. The molecule has 0 bridgehead atoms. The van der Waals surface area contributed by atoms with Crippen LogP contribution in [-0.2, 0) is 22.6 Å². The second-order valence-corrected chi connectivity index (χ2v) is 8.57. The van der Waals surface area contributed by atoms with Gasteiger partial charge in [0, 0.05) is 52.4 Å². The second kappa shape index (κ2) is 10.7. The number of piperazine rings is 2. The molecule has 2 aliphatic heterocycles. The van der Waals surface area contributed by atoms with Crippen molar-refractivity contribution >= 4 is 11.8 Å². The maximum atomic E-state index is 13.4. The highest BCUT2D eigenvalue weighted by Crippen LogP contribution is 2.15. The summed E-state index contributed by atoms with van der Waals surface area (Å²) in [6, 6.07) is 16.5. The first-order chi connectivity index (χ1) is 15.6. The maximum Gasteiger partial charge on any atom is 0.237 e. The van der Waals surface area contributed by atoms with E-state index in [-0.39, 0.29) is 24.1 Å². The Bertz CT molecular complexity index is 915. The van der Waals surface area contributed by atoms with Crippen LogP contribution in [0.4, 0.5) is 4.39 Å². The molecule has 2 amide bonds.